The van der Waals surface area contributed by atoms with Gasteiger partial charge in [0.25, 0.3) is 0 Å². The van der Waals surface area contributed by atoms with Gasteiger partial charge in [0.2, 0.25) is 10.0 Å². The average Bonchev–Trinajstić information content (AvgIpc) is 3.27. The lowest BCUT2D eigenvalue weighted by atomic mass is 9.77. The molecule has 0 amide bonds. The van der Waals surface area contributed by atoms with Gasteiger partial charge in [-0.2, -0.15) is 0 Å². The molecule has 0 radical (unpaired) electrons. The van der Waals surface area contributed by atoms with Crippen molar-refractivity contribution in [2.24, 2.45) is 5.92 Å². The van der Waals surface area contributed by atoms with Crippen LogP contribution in [-0.2, 0) is 14.8 Å². The van der Waals surface area contributed by atoms with E-state index in [0.29, 0.717) is 11.5 Å². The highest BCUT2D eigenvalue weighted by Crippen LogP contribution is 2.50. The Labute approximate surface area is 188 Å². The highest BCUT2D eigenvalue weighted by molar-refractivity contribution is 7.89. The van der Waals surface area contributed by atoms with E-state index in [0.717, 1.165) is 23.2 Å². The van der Waals surface area contributed by atoms with Crippen molar-refractivity contribution in [2.45, 2.75) is 30.2 Å². The summed E-state index contributed by atoms with van der Waals surface area (Å²) in [6.45, 7) is 5.09. The third kappa shape index (κ3) is 4.16. The highest BCUT2D eigenvalue weighted by atomic mass is 32.2. The summed E-state index contributed by atoms with van der Waals surface area (Å²) in [6, 6.07) is 10.7. The molecule has 3 atom stereocenters. The Hall–Kier alpha value is -3.10. The molecule has 1 aliphatic heterocycles. The zero-order valence-electron chi connectivity index (χ0n) is 18.0. The molecule has 32 heavy (non-hydrogen) atoms. The number of benzene rings is 2. The van der Waals surface area contributed by atoms with Crippen LogP contribution in [0.25, 0.3) is 0 Å². The number of methoxy groups -OCH3 is 1. The normalized spacial score (nSPS) is 21.2. The maximum Gasteiger partial charge on any atom is 0.308 e. The molecule has 0 saturated heterocycles. The van der Waals surface area contributed by atoms with Gasteiger partial charge in [-0.15, -0.1) is 6.58 Å². The number of carbonyl (C=O) groups excluding carboxylic acids is 1. The third-order valence-electron chi connectivity index (χ3n) is 5.86. The molecule has 168 valence electrons. The monoisotopic (exact) mass is 454 g/mol. The van der Waals surface area contributed by atoms with Gasteiger partial charge < -0.3 is 14.8 Å². The number of sulfonamides is 1. The summed E-state index contributed by atoms with van der Waals surface area (Å²) < 4.78 is 38.4. The van der Waals surface area contributed by atoms with Gasteiger partial charge in [0.15, 0.2) is 11.5 Å². The van der Waals surface area contributed by atoms with Crippen LogP contribution in [0.5, 0.6) is 11.5 Å². The zero-order valence-corrected chi connectivity index (χ0v) is 18.8. The molecule has 8 heteroatoms. The van der Waals surface area contributed by atoms with Crippen molar-refractivity contribution < 1.29 is 22.7 Å². The van der Waals surface area contributed by atoms with E-state index in [1.807, 2.05) is 18.2 Å². The quantitative estimate of drug-likeness (QED) is 0.374. The largest absolute Gasteiger partial charge is 0.493 e. The molecular formula is C24H26N2O5S. The van der Waals surface area contributed by atoms with E-state index in [1.165, 1.54) is 20.1 Å². The Bertz CT molecular complexity index is 1190. The number of ether oxygens (including phenoxy) is 2. The maximum absolute atomic E-state index is 12.6. The van der Waals surface area contributed by atoms with Crippen LogP contribution in [0.2, 0.25) is 0 Å². The number of anilines is 1. The van der Waals surface area contributed by atoms with E-state index in [4.69, 9.17) is 9.47 Å². The molecule has 0 saturated carbocycles. The molecule has 0 bridgehead atoms. The second kappa shape index (κ2) is 8.80. The molecule has 0 aromatic heterocycles. The van der Waals surface area contributed by atoms with E-state index in [9.17, 15) is 13.2 Å². The summed E-state index contributed by atoms with van der Waals surface area (Å²) in [7, 11) is -2.07. The average molecular weight is 455 g/mol. The van der Waals surface area contributed by atoms with E-state index in [-0.39, 0.29) is 29.3 Å². The van der Waals surface area contributed by atoms with Crippen LogP contribution in [0.1, 0.15) is 36.4 Å². The lowest BCUT2D eigenvalue weighted by Crippen LogP contribution is -2.30. The van der Waals surface area contributed by atoms with Gasteiger partial charge in [0.05, 0.1) is 18.0 Å². The van der Waals surface area contributed by atoms with Gasteiger partial charge in [-0.05, 0) is 53.8 Å². The van der Waals surface area contributed by atoms with Crippen LogP contribution in [-0.4, -0.2) is 28.0 Å². The van der Waals surface area contributed by atoms with Crippen molar-refractivity contribution in [2.75, 3.05) is 19.0 Å². The Kier molecular flexibility index (Phi) is 6.08. The van der Waals surface area contributed by atoms with Crippen LogP contribution >= 0.6 is 0 Å². The Morgan fingerprint density at radius 1 is 1.25 bits per heavy atom. The summed E-state index contributed by atoms with van der Waals surface area (Å²) in [4.78, 5) is 11.6. The Balaban J connectivity index is 1.69. The number of fused-ring (bicyclic) bond motifs is 3. The predicted molar refractivity (Wildman–Crippen MR) is 122 cm³/mol. The molecular weight excluding hydrogens is 428 g/mol. The van der Waals surface area contributed by atoms with Gasteiger partial charge in [-0.25, -0.2) is 13.1 Å². The van der Waals surface area contributed by atoms with Crippen molar-refractivity contribution in [1.29, 1.82) is 0 Å². The van der Waals surface area contributed by atoms with Crippen molar-refractivity contribution in [3.05, 3.63) is 72.3 Å². The smallest absolute Gasteiger partial charge is 0.308 e. The van der Waals surface area contributed by atoms with E-state index in [1.54, 1.807) is 18.2 Å². The molecule has 2 aliphatic rings. The zero-order chi connectivity index (χ0) is 22.9. The number of carbonyl (C=O) groups is 1. The number of allylic oxidation sites excluding steroid dienone is 2. The summed E-state index contributed by atoms with van der Waals surface area (Å²) in [5.74, 6) is 0.760. The maximum atomic E-state index is 12.6. The van der Waals surface area contributed by atoms with Crippen LogP contribution in [0, 0.1) is 5.92 Å². The first kappa shape index (κ1) is 22.1. The number of rotatable bonds is 7. The van der Waals surface area contributed by atoms with Crippen LogP contribution in [0.3, 0.4) is 0 Å². The molecule has 2 N–H and O–H groups in total. The fraction of sp³-hybridized carbons (Fsp3) is 0.292. The van der Waals surface area contributed by atoms with Crippen LogP contribution in [0.4, 0.5) is 5.69 Å². The molecule has 0 spiro atoms. The fourth-order valence-corrected chi connectivity index (χ4v) is 5.47. The first-order valence-corrected chi connectivity index (χ1v) is 11.9. The summed E-state index contributed by atoms with van der Waals surface area (Å²) in [5, 5.41) is 3.58. The van der Waals surface area contributed by atoms with Gasteiger partial charge in [-0.1, -0.05) is 24.3 Å². The predicted octanol–water partition coefficient (Wildman–Crippen LogP) is 3.91. The first-order valence-electron chi connectivity index (χ1n) is 10.4. The number of hydrogen-bond acceptors (Lipinski definition) is 6. The number of esters is 1. The number of hydrogen-bond donors (Lipinski definition) is 2. The topological polar surface area (TPSA) is 93.7 Å². The molecule has 3 unspecified atom stereocenters. The lowest BCUT2D eigenvalue weighted by Gasteiger charge is -2.38. The number of nitrogens with one attached hydrogen (secondary N) is 2. The minimum atomic E-state index is -3.61. The van der Waals surface area contributed by atoms with Crippen LogP contribution < -0.4 is 19.5 Å². The van der Waals surface area contributed by atoms with Gasteiger partial charge in [0, 0.05) is 25.1 Å². The Morgan fingerprint density at radius 3 is 2.78 bits per heavy atom. The van der Waals surface area contributed by atoms with Gasteiger partial charge >= 0.3 is 5.97 Å². The van der Waals surface area contributed by atoms with E-state index in [2.05, 4.69) is 28.8 Å². The SMILES string of the molecule is C=CCNS(=O)(=O)c1ccc2c(c1)C1C=CCC1C(c1ccc(OC(C)=O)c(OC)c1)N2. The minimum Gasteiger partial charge on any atom is -0.493 e. The summed E-state index contributed by atoms with van der Waals surface area (Å²) >= 11 is 0. The second-order valence-electron chi connectivity index (χ2n) is 7.87. The molecule has 1 aliphatic carbocycles. The summed E-state index contributed by atoms with van der Waals surface area (Å²) in [5.41, 5.74) is 2.87. The molecule has 2 aromatic rings. The lowest BCUT2D eigenvalue weighted by molar-refractivity contribution is -0.132. The van der Waals surface area contributed by atoms with Crippen molar-refractivity contribution in [3.8, 4) is 11.5 Å². The molecule has 1 heterocycles. The van der Waals surface area contributed by atoms with E-state index < -0.39 is 16.0 Å². The van der Waals surface area contributed by atoms with Crippen molar-refractivity contribution in [1.82, 2.24) is 4.72 Å². The van der Waals surface area contributed by atoms with Gasteiger partial charge in [0.1, 0.15) is 0 Å². The fourth-order valence-electron chi connectivity index (χ4n) is 4.44. The first-order chi connectivity index (χ1) is 15.3. The third-order valence-corrected chi connectivity index (χ3v) is 7.28. The van der Waals surface area contributed by atoms with Crippen molar-refractivity contribution >= 4 is 21.7 Å². The molecule has 0 fully saturated rings. The van der Waals surface area contributed by atoms with Crippen LogP contribution in [0.15, 0.2) is 66.1 Å². The molecule has 2 aromatic carbocycles. The van der Waals surface area contributed by atoms with Gasteiger partial charge in [-0.3, -0.25) is 4.79 Å². The minimum absolute atomic E-state index is 0.0101. The highest BCUT2D eigenvalue weighted by Gasteiger charge is 2.38. The van der Waals surface area contributed by atoms with E-state index >= 15 is 0 Å². The molecule has 7 nitrogen and oxygen atoms in total. The second-order valence-corrected chi connectivity index (χ2v) is 9.64. The standard InChI is InChI=1S/C24H26N2O5S/c1-4-12-25-32(28,29)17-9-10-21-20(14-17)18-6-5-7-19(18)24(26-21)16-8-11-22(31-15(2)27)23(13-16)30-3/h4-6,8-11,13-14,18-19,24-26H,1,7,12H2,2-3H3. The summed E-state index contributed by atoms with van der Waals surface area (Å²) in [6.07, 6.45) is 6.66. The molecule has 4 rings (SSSR count). The van der Waals surface area contributed by atoms with Crippen molar-refractivity contribution in [3.63, 3.8) is 0 Å². The Morgan fingerprint density at radius 2 is 2.06 bits per heavy atom.